The largest absolute Gasteiger partial charge is 0.451 e. The molecule has 1 aliphatic rings. The van der Waals surface area contributed by atoms with Crippen LogP contribution in [0.15, 0.2) is 0 Å². The highest BCUT2D eigenvalue weighted by Crippen LogP contribution is 2.51. The van der Waals surface area contributed by atoms with Crippen LogP contribution < -0.4 is 4.74 Å². The van der Waals surface area contributed by atoms with Gasteiger partial charge in [0.1, 0.15) is 0 Å². The van der Waals surface area contributed by atoms with Gasteiger partial charge in [0.25, 0.3) is 5.92 Å². The number of fused-ring (bicyclic) bond motifs is 1. The lowest BCUT2D eigenvalue weighted by Gasteiger charge is -2.31. The standard InChI is InChI=1S/C14H16F2O4S/c1-4-9-11-10(21-13(9)20-8(3)18)5-6-14(15,16)12(11)19-7(2)17/h12H,4-6H2,1-3H3. The van der Waals surface area contributed by atoms with E-state index < -0.39 is 24.0 Å². The van der Waals surface area contributed by atoms with Gasteiger partial charge in [0.2, 0.25) is 0 Å². The number of rotatable bonds is 3. The van der Waals surface area contributed by atoms with Crippen molar-refractivity contribution in [3.63, 3.8) is 0 Å². The second kappa shape index (κ2) is 5.71. The van der Waals surface area contributed by atoms with Gasteiger partial charge >= 0.3 is 11.9 Å². The minimum Gasteiger partial charge on any atom is -0.451 e. The van der Waals surface area contributed by atoms with Crippen molar-refractivity contribution in [1.82, 2.24) is 0 Å². The van der Waals surface area contributed by atoms with Crippen molar-refractivity contribution in [2.75, 3.05) is 0 Å². The molecule has 7 heteroatoms. The van der Waals surface area contributed by atoms with Crippen LogP contribution in [0.5, 0.6) is 5.06 Å². The van der Waals surface area contributed by atoms with Crippen molar-refractivity contribution < 1.29 is 27.8 Å². The van der Waals surface area contributed by atoms with Gasteiger partial charge < -0.3 is 9.47 Å². The second-order valence-corrected chi connectivity index (χ2v) is 5.97. The predicted molar refractivity (Wildman–Crippen MR) is 72.8 cm³/mol. The van der Waals surface area contributed by atoms with Gasteiger partial charge in [-0.1, -0.05) is 6.92 Å². The maximum atomic E-state index is 14.1. The van der Waals surface area contributed by atoms with Crippen molar-refractivity contribution in [2.24, 2.45) is 0 Å². The molecule has 1 unspecified atom stereocenters. The Morgan fingerprint density at radius 1 is 1.33 bits per heavy atom. The molecule has 0 spiro atoms. The second-order valence-electron chi connectivity index (χ2n) is 4.90. The summed E-state index contributed by atoms with van der Waals surface area (Å²) in [4.78, 5) is 23.0. The Bertz CT molecular complexity index is 580. The third-order valence-corrected chi connectivity index (χ3v) is 4.48. The molecule has 0 saturated carbocycles. The van der Waals surface area contributed by atoms with Crippen LogP contribution in [0.4, 0.5) is 8.78 Å². The molecule has 0 aliphatic heterocycles. The molecular formula is C14H16F2O4S. The average molecular weight is 318 g/mol. The summed E-state index contributed by atoms with van der Waals surface area (Å²) in [5.74, 6) is -4.37. The third-order valence-electron chi connectivity index (χ3n) is 3.29. The zero-order valence-electron chi connectivity index (χ0n) is 12.0. The molecule has 1 aliphatic carbocycles. The molecule has 0 radical (unpaired) electrons. The summed E-state index contributed by atoms with van der Waals surface area (Å²) in [6.45, 7) is 4.15. The minimum atomic E-state index is -3.11. The molecule has 1 atom stereocenters. The summed E-state index contributed by atoms with van der Waals surface area (Å²) in [5.41, 5.74) is 0.834. The average Bonchev–Trinajstić information content (AvgIpc) is 2.69. The van der Waals surface area contributed by atoms with E-state index >= 15 is 0 Å². The number of carbonyl (C=O) groups is 2. The molecule has 4 nitrogen and oxygen atoms in total. The molecule has 0 aromatic carbocycles. The number of hydrogen-bond acceptors (Lipinski definition) is 5. The highest BCUT2D eigenvalue weighted by molar-refractivity contribution is 7.14. The summed E-state index contributed by atoms with van der Waals surface area (Å²) in [7, 11) is 0. The van der Waals surface area contributed by atoms with Crippen LogP contribution in [0.2, 0.25) is 0 Å². The Labute approximate surface area is 125 Å². The Balaban J connectivity index is 2.53. The summed E-state index contributed by atoms with van der Waals surface area (Å²) < 4.78 is 38.2. The molecule has 116 valence electrons. The number of esters is 2. The first-order chi connectivity index (χ1) is 9.76. The zero-order chi connectivity index (χ0) is 15.8. The number of hydrogen-bond donors (Lipinski definition) is 0. The van der Waals surface area contributed by atoms with E-state index in [1.54, 1.807) is 6.92 Å². The number of aryl methyl sites for hydroxylation is 1. The summed E-state index contributed by atoms with van der Waals surface area (Å²) >= 11 is 1.18. The molecule has 0 amide bonds. The topological polar surface area (TPSA) is 52.6 Å². The van der Waals surface area contributed by atoms with Crippen LogP contribution in [-0.2, 0) is 27.2 Å². The lowest BCUT2D eigenvalue weighted by Crippen LogP contribution is -2.34. The maximum absolute atomic E-state index is 14.1. The predicted octanol–water partition coefficient (Wildman–Crippen LogP) is 3.42. The molecule has 21 heavy (non-hydrogen) atoms. The van der Waals surface area contributed by atoms with Gasteiger partial charge in [0, 0.05) is 36.3 Å². The first-order valence-electron chi connectivity index (χ1n) is 6.64. The fraction of sp³-hybridized carbons (Fsp3) is 0.571. The van der Waals surface area contributed by atoms with Crippen LogP contribution in [0.3, 0.4) is 0 Å². The number of halogens is 2. The Kier molecular flexibility index (Phi) is 4.32. The van der Waals surface area contributed by atoms with E-state index in [-0.39, 0.29) is 12.8 Å². The first-order valence-corrected chi connectivity index (χ1v) is 7.45. The highest BCUT2D eigenvalue weighted by Gasteiger charge is 2.49. The van der Waals surface area contributed by atoms with Gasteiger partial charge in [0.15, 0.2) is 11.2 Å². The van der Waals surface area contributed by atoms with Crippen LogP contribution in [0.1, 0.15) is 49.3 Å². The van der Waals surface area contributed by atoms with Gasteiger partial charge in [-0.3, -0.25) is 9.59 Å². The quantitative estimate of drug-likeness (QED) is 0.801. The van der Waals surface area contributed by atoms with Crippen molar-refractivity contribution in [3.05, 3.63) is 16.0 Å². The van der Waals surface area contributed by atoms with E-state index in [9.17, 15) is 18.4 Å². The third kappa shape index (κ3) is 3.07. The Morgan fingerprint density at radius 2 is 2.00 bits per heavy atom. The van der Waals surface area contributed by atoms with Gasteiger partial charge in [0.05, 0.1) is 0 Å². The molecule has 1 heterocycles. The van der Waals surface area contributed by atoms with Gasteiger partial charge in [-0.2, -0.15) is 0 Å². The highest BCUT2D eigenvalue weighted by atomic mass is 32.1. The van der Waals surface area contributed by atoms with E-state index in [4.69, 9.17) is 9.47 Å². The monoisotopic (exact) mass is 318 g/mol. The Morgan fingerprint density at radius 3 is 2.52 bits per heavy atom. The summed E-state index contributed by atoms with van der Waals surface area (Å²) in [5, 5.41) is 0.324. The summed E-state index contributed by atoms with van der Waals surface area (Å²) in [6, 6.07) is 0. The molecule has 0 fully saturated rings. The van der Waals surface area contributed by atoms with E-state index in [0.29, 0.717) is 27.5 Å². The van der Waals surface area contributed by atoms with E-state index in [0.717, 1.165) is 6.92 Å². The van der Waals surface area contributed by atoms with Crippen LogP contribution in [0, 0.1) is 0 Å². The molecular weight excluding hydrogens is 302 g/mol. The van der Waals surface area contributed by atoms with Crippen molar-refractivity contribution in [1.29, 1.82) is 0 Å². The van der Waals surface area contributed by atoms with Gasteiger partial charge in [-0.15, -0.1) is 11.3 Å². The van der Waals surface area contributed by atoms with E-state index in [1.807, 2.05) is 0 Å². The number of carbonyl (C=O) groups excluding carboxylic acids is 2. The van der Waals surface area contributed by atoms with Crippen molar-refractivity contribution in [3.8, 4) is 5.06 Å². The van der Waals surface area contributed by atoms with Gasteiger partial charge in [-0.05, 0) is 12.8 Å². The SMILES string of the molecule is CCc1c(OC(C)=O)sc2c1C(OC(C)=O)C(F)(F)CC2. The fourth-order valence-electron chi connectivity index (χ4n) is 2.48. The van der Waals surface area contributed by atoms with Crippen LogP contribution in [0.25, 0.3) is 0 Å². The smallest absolute Gasteiger partial charge is 0.308 e. The molecule has 0 saturated heterocycles. The molecule has 0 bridgehead atoms. The molecule has 1 aromatic rings. The molecule has 1 aromatic heterocycles. The summed E-state index contributed by atoms with van der Waals surface area (Å²) in [6.07, 6.45) is -1.39. The number of thiophene rings is 1. The van der Waals surface area contributed by atoms with E-state index in [2.05, 4.69) is 0 Å². The fourth-order valence-corrected chi connectivity index (χ4v) is 3.78. The Hall–Kier alpha value is -1.50. The zero-order valence-corrected chi connectivity index (χ0v) is 12.8. The van der Waals surface area contributed by atoms with Crippen LogP contribution in [-0.4, -0.2) is 17.9 Å². The van der Waals surface area contributed by atoms with Crippen molar-refractivity contribution >= 4 is 23.3 Å². The lowest BCUT2D eigenvalue weighted by molar-refractivity contribution is -0.176. The molecule has 2 rings (SSSR count). The van der Waals surface area contributed by atoms with Crippen LogP contribution >= 0.6 is 11.3 Å². The first kappa shape index (κ1) is 15.9. The minimum absolute atomic E-state index is 0.180. The number of alkyl halides is 2. The number of ether oxygens (including phenoxy) is 2. The van der Waals surface area contributed by atoms with Crippen molar-refractivity contribution in [2.45, 2.75) is 52.1 Å². The van der Waals surface area contributed by atoms with Gasteiger partial charge in [-0.25, -0.2) is 8.78 Å². The normalized spacial score (nSPS) is 19.8. The molecule has 0 N–H and O–H groups in total. The van der Waals surface area contributed by atoms with E-state index in [1.165, 1.54) is 18.3 Å². The lowest BCUT2D eigenvalue weighted by atomic mass is 9.89. The maximum Gasteiger partial charge on any atom is 0.308 e.